The van der Waals surface area contributed by atoms with Crippen LogP contribution in [0.5, 0.6) is 0 Å². The van der Waals surface area contributed by atoms with E-state index in [9.17, 15) is 14.4 Å². The molecule has 7 nitrogen and oxygen atoms in total. The first-order valence-electron chi connectivity index (χ1n) is 4.85. The molecule has 0 fully saturated rings. The maximum atomic E-state index is 11.1. The van der Waals surface area contributed by atoms with E-state index < -0.39 is 24.1 Å². The van der Waals surface area contributed by atoms with E-state index in [0.717, 1.165) is 0 Å². The zero-order chi connectivity index (χ0) is 13.3. The molecule has 0 saturated heterocycles. The number of ether oxygens (including phenoxy) is 2. The summed E-state index contributed by atoms with van der Waals surface area (Å²) in [5.41, 5.74) is 0. The molecule has 7 heteroatoms. The molecule has 0 radical (unpaired) electrons. The molecule has 0 bridgehead atoms. The Balaban J connectivity index is 4.15. The van der Waals surface area contributed by atoms with Gasteiger partial charge in [0.25, 0.3) is 0 Å². The molecule has 2 N–H and O–H groups in total. The number of alkyl carbamates (subject to hydrolysis) is 1. The first-order chi connectivity index (χ1) is 8.01. The summed E-state index contributed by atoms with van der Waals surface area (Å²) in [5.74, 6) is -1.79. The van der Waals surface area contributed by atoms with Crippen LogP contribution >= 0.6 is 0 Å². The summed E-state index contributed by atoms with van der Waals surface area (Å²) in [6, 6.07) is -1.19. The first kappa shape index (κ1) is 14.9. The molecule has 0 aliphatic carbocycles. The van der Waals surface area contributed by atoms with Crippen LogP contribution in [0.2, 0.25) is 0 Å². The summed E-state index contributed by atoms with van der Waals surface area (Å²) in [5, 5.41) is 10.9. The second-order valence-corrected chi connectivity index (χ2v) is 3.04. The highest BCUT2D eigenvalue weighted by Crippen LogP contribution is 2.00. The van der Waals surface area contributed by atoms with Crippen molar-refractivity contribution in [2.75, 3.05) is 13.7 Å². The number of hydrogen-bond donors (Lipinski definition) is 2. The van der Waals surface area contributed by atoms with Gasteiger partial charge in [-0.05, 0) is 6.42 Å². The first-order valence-corrected chi connectivity index (χ1v) is 4.85. The van der Waals surface area contributed by atoms with Crippen molar-refractivity contribution in [2.45, 2.75) is 18.9 Å². The maximum absolute atomic E-state index is 11.1. The third-order valence-corrected chi connectivity index (χ3v) is 1.79. The molecule has 0 saturated carbocycles. The van der Waals surface area contributed by atoms with Crippen LogP contribution in [-0.4, -0.2) is 42.9 Å². The van der Waals surface area contributed by atoms with Crippen LogP contribution in [0.25, 0.3) is 0 Å². The fourth-order valence-electron chi connectivity index (χ4n) is 0.940. The van der Waals surface area contributed by atoms with E-state index in [1.54, 1.807) is 0 Å². The van der Waals surface area contributed by atoms with Crippen LogP contribution in [0.4, 0.5) is 4.79 Å². The van der Waals surface area contributed by atoms with E-state index in [4.69, 9.17) is 5.11 Å². The number of methoxy groups -OCH3 is 1. The van der Waals surface area contributed by atoms with Gasteiger partial charge in [0.2, 0.25) is 0 Å². The number of carbonyl (C=O) groups is 3. The number of aliphatic carboxylic acids is 1. The molecular weight excluding hydrogens is 230 g/mol. The van der Waals surface area contributed by atoms with Crippen molar-refractivity contribution in [1.82, 2.24) is 5.32 Å². The quantitative estimate of drug-likeness (QED) is 0.494. The molecule has 0 spiro atoms. The molecule has 0 aliphatic rings. The van der Waals surface area contributed by atoms with Crippen LogP contribution in [-0.2, 0) is 19.1 Å². The summed E-state index contributed by atoms with van der Waals surface area (Å²) in [4.78, 5) is 32.7. The van der Waals surface area contributed by atoms with E-state index in [0.29, 0.717) is 0 Å². The van der Waals surface area contributed by atoms with Crippen LogP contribution in [0, 0.1) is 0 Å². The smallest absolute Gasteiger partial charge is 0.408 e. The van der Waals surface area contributed by atoms with Gasteiger partial charge in [-0.1, -0.05) is 12.7 Å². The number of nitrogens with one attached hydrogen (secondary N) is 1. The van der Waals surface area contributed by atoms with Gasteiger partial charge in [-0.15, -0.1) is 0 Å². The van der Waals surface area contributed by atoms with Crippen molar-refractivity contribution in [3.05, 3.63) is 12.7 Å². The molecule has 96 valence electrons. The monoisotopic (exact) mass is 245 g/mol. The number of esters is 1. The third-order valence-electron chi connectivity index (χ3n) is 1.79. The Morgan fingerprint density at radius 3 is 2.59 bits per heavy atom. The second-order valence-electron chi connectivity index (χ2n) is 3.04. The average Bonchev–Trinajstić information content (AvgIpc) is 2.30. The lowest BCUT2D eigenvalue weighted by atomic mass is 10.1. The van der Waals surface area contributed by atoms with E-state index in [1.165, 1.54) is 13.2 Å². The fraction of sp³-hybridized carbons (Fsp3) is 0.500. The van der Waals surface area contributed by atoms with Gasteiger partial charge >= 0.3 is 18.0 Å². The van der Waals surface area contributed by atoms with Gasteiger partial charge in [-0.25, -0.2) is 9.59 Å². The molecule has 0 unspecified atom stereocenters. The highest BCUT2D eigenvalue weighted by molar-refractivity contribution is 5.80. The summed E-state index contributed by atoms with van der Waals surface area (Å²) in [6.45, 7) is 3.32. The van der Waals surface area contributed by atoms with Crippen molar-refractivity contribution < 1.29 is 29.0 Å². The van der Waals surface area contributed by atoms with E-state index in [2.05, 4.69) is 21.4 Å². The Kier molecular flexibility index (Phi) is 7.16. The van der Waals surface area contributed by atoms with Gasteiger partial charge in [0.15, 0.2) is 0 Å². The molecular formula is C10H15NO6. The highest BCUT2D eigenvalue weighted by Gasteiger charge is 2.21. The predicted octanol–water partition coefficient (Wildman–Crippen LogP) is 0.305. The molecule has 0 aliphatic heterocycles. The maximum Gasteiger partial charge on any atom is 0.408 e. The van der Waals surface area contributed by atoms with Crippen molar-refractivity contribution in [3.8, 4) is 0 Å². The molecule has 0 aromatic rings. The number of carboxylic acid groups (broad SMARTS) is 1. The Morgan fingerprint density at radius 2 is 2.12 bits per heavy atom. The van der Waals surface area contributed by atoms with Gasteiger partial charge in [0.05, 0.1) is 7.11 Å². The van der Waals surface area contributed by atoms with Crippen LogP contribution in [0.15, 0.2) is 12.7 Å². The molecule has 17 heavy (non-hydrogen) atoms. The van der Waals surface area contributed by atoms with Gasteiger partial charge in [0, 0.05) is 6.42 Å². The number of hydrogen-bond acceptors (Lipinski definition) is 5. The zero-order valence-corrected chi connectivity index (χ0v) is 9.47. The average molecular weight is 245 g/mol. The lowest BCUT2D eigenvalue weighted by Crippen LogP contribution is -2.41. The lowest BCUT2D eigenvalue weighted by Gasteiger charge is -2.13. The molecule has 0 aromatic carbocycles. The Bertz CT molecular complexity index is 301. The molecule has 0 heterocycles. The summed E-state index contributed by atoms with van der Waals surface area (Å²) >= 11 is 0. The Morgan fingerprint density at radius 1 is 1.47 bits per heavy atom. The Hall–Kier alpha value is -2.05. The second kappa shape index (κ2) is 8.14. The molecule has 1 amide bonds. The van der Waals surface area contributed by atoms with E-state index in [-0.39, 0.29) is 19.4 Å². The molecule has 0 rings (SSSR count). The topological polar surface area (TPSA) is 102 Å². The Labute approximate surface area is 98.4 Å². The fourth-order valence-corrected chi connectivity index (χ4v) is 0.940. The minimum atomic E-state index is -1.25. The zero-order valence-electron chi connectivity index (χ0n) is 9.47. The highest BCUT2D eigenvalue weighted by atomic mass is 16.5. The number of rotatable bonds is 7. The SMILES string of the molecule is C=CCOC(=O)N[C@@H](CCC(=O)OC)C(=O)O. The van der Waals surface area contributed by atoms with Crippen molar-refractivity contribution in [2.24, 2.45) is 0 Å². The number of carbonyl (C=O) groups excluding carboxylic acids is 2. The van der Waals surface area contributed by atoms with Crippen molar-refractivity contribution in [1.29, 1.82) is 0 Å². The molecule has 1 atom stereocenters. The minimum absolute atomic E-state index is 0.0187. The van der Waals surface area contributed by atoms with E-state index in [1.807, 2.05) is 0 Å². The largest absolute Gasteiger partial charge is 0.480 e. The van der Waals surface area contributed by atoms with Crippen LogP contribution in [0.3, 0.4) is 0 Å². The summed E-state index contributed by atoms with van der Waals surface area (Å²) in [7, 11) is 1.20. The third kappa shape index (κ3) is 6.93. The van der Waals surface area contributed by atoms with Gasteiger partial charge in [-0.3, -0.25) is 4.79 Å². The lowest BCUT2D eigenvalue weighted by molar-refractivity contribution is -0.142. The predicted molar refractivity (Wildman–Crippen MR) is 57.4 cm³/mol. The number of amides is 1. The van der Waals surface area contributed by atoms with Crippen LogP contribution in [0.1, 0.15) is 12.8 Å². The van der Waals surface area contributed by atoms with E-state index >= 15 is 0 Å². The number of carboxylic acids is 1. The van der Waals surface area contributed by atoms with Gasteiger partial charge < -0.3 is 19.9 Å². The van der Waals surface area contributed by atoms with Gasteiger partial charge in [-0.2, -0.15) is 0 Å². The summed E-state index contributed by atoms with van der Waals surface area (Å²) in [6.07, 6.45) is 0.312. The molecule has 0 aromatic heterocycles. The minimum Gasteiger partial charge on any atom is -0.480 e. The normalized spacial score (nSPS) is 11.1. The standard InChI is InChI=1S/C10H15NO6/c1-3-6-17-10(15)11-7(9(13)14)4-5-8(12)16-2/h3,7H,1,4-6H2,2H3,(H,11,15)(H,13,14)/t7-/m0/s1. The summed E-state index contributed by atoms with van der Waals surface area (Å²) < 4.78 is 8.92. The van der Waals surface area contributed by atoms with Crippen molar-refractivity contribution in [3.63, 3.8) is 0 Å². The van der Waals surface area contributed by atoms with Crippen LogP contribution < -0.4 is 5.32 Å². The van der Waals surface area contributed by atoms with Gasteiger partial charge in [0.1, 0.15) is 12.6 Å². The van der Waals surface area contributed by atoms with Crippen molar-refractivity contribution >= 4 is 18.0 Å².